The summed E-state index contributed by atoms with van der Waals surface area (Å²) in [4.78, 5) is 26.9. The largest absolute Gasteiger partial charge is 0.494 e. The first-order valence-corrected chi connectivity index (χ1v) is 11.9. The lowest BCUT2D eigenvalue weighted by atomic mass is 9.95. The van der Waals surface area contributed by atoms with Crippen molar-refractivity contribution in [2.24, 2.45) is 5.92 Å². The van der Waals surface area contributed by atoms with Crippen molar-refractivity contribution in [2.45, 2.75) is 19.8 Å². The maximum atomic E-state index is 12.7. The van der Waals surface area contributed by atoms with Gasteiger partial charge in [-0.3, -0.25) is 9.59 Å². The molecule has 1 N–H and O–H groups in total. The van der Waals surface area contributed by atoms with Crippen LogP contribution in [0.5, 0.6) is 23.0 Å². The number of nitrogens with zero attached hydrogens (tertiary/aromatic N) is 1. The Morgan fingerprint density at radius 2 is 1.37 bits per heavy atom. The summed E-state index contributed by atoms with van der Waals surface area (Å²) < 4.78 is 16.8. The molecule has 0 spiro atoms. The lowest BCUT2D eigenvalue weighted by Crippen LogP contribution is -2.43. The molecule has 7 heteroatoms. The molecule has 3 aromatic carbocycles. The summed E-state index contributed by atoms with van der Waals surface area (Å²) in [5.41, 5.74) is 0.712. The van der Waals surface area contributed by atoms with Gasteiger partial charge >= 0.3 is 0 Å². The highest BCUT2D eigenvalue weighted by Gasteiger charge is 2.27. The van der Waals surface area contributed by atoms with E-state index in [2.05, 4.69) is 5.32 Å². The van der Waals surface area contributed by atoms with Gasteiger partial charge in [0.15, 0.2) is 6.61 Å². The van der Waals surface area contributed by atoms with E-state index in [0.29, 0.717) is 55.5 Å². The van der Waals surface area contributed by atoms with Crippen LogP contribution in [0.25, 0.3) is 0 Å². The van der Waals surface area contributed by atoms with Gasteiger partial charge in [-0.1, -0.05) is 18.2 Å². The van der Waals surface area contributed by atoms with Gasteiger partial charge in [0.1, 0.15) is 23.0 Å². The Hall–Kier alpha value is -4.00. The number of hydrogen-bond donors (Lipinski definition) is 1. The molecule has 1 aliphatic rings. The third-order valence-corrected chi connectivity index (χ3v) is 5.82. The average Bonchev–Trinajstić information content (AvgIpc) is 2.90. The Bertz CT molecular complexity index is 1090. The van der Waals surface area contributed by atoms with Crippen LogP contribution in [0.3, 0.4) is 0 Å². The van der Waals surface area contributed by atoms with E-state index in [4.69, 9.17) is 14.2 Å². The molecular formula is C28H30N2O5. The molecule has 0 aromatic heterocycles. The SMILES string of the molecule is CCOc1ccc(Oc2ccc(NC(=O)C3CCN(C(=O)COc4ccccc4)CC3)cc2)cc1. The fraction of sp³-hybridized carbons (Fsp3) is 0.286. The van der Waals surface area contributed by atoms with Crippen molar-refractivity contribution in [1.82, 2.24) is 4.90 Å². The molecule has 0 unspecified atom stereocenters. The van der Waals surface area contributed by atoms with Crippen LogP contribution < -0.4 is 19.5 Å². The molecule has 35 heavy (non-hydrogen) atoms. The highest BCUT2D eigenvalue weighted by Crippen LogP contribution is 2.26. The predicted molar refractivity (Wildman–Crippen MR) is 134 cm³/mol. The first kappa shape index (κ1) is 24.1. The van der Waals surface area contributed by atoms with Crippen molar-refractivity contribution in [3.05, 3.63) is 78.9 Å². The van der Waals surface area contributed by atoms with Crippen molar-refractivity contribution in [3.8, 4) is 23.0 Å². The fourth-order valence-corrected chi connectivity index (χ4v) is 3.90. The van der Waals surface area contributed by atoms with Gasteiger partial charge in [-0.05, 0) is 80.4 Å². The predicted octanol–water partition coefficient (Wildman–Crippen LogP) is 5.13. The second-order valence-electron chi connectivity index (χ2n) is 8.28. The number of hydrogen-bond acceptors (Lipinski definition) is 5. The van der Waals surface area contributed by atoms with Crippen molar-refractivity contribution in [1.29, 1.82) is 0 Å². The molecule has 1 fully saturated rings. The van der Waals surface area contributed by atoms with Crippen LogP contribution in [-0.4, -0.2) is 43.0 Å². The highest BCUT2D eigenvalue weighted by atomic mass is 16.5. The van der Waals surface area contributed by atoms with Gasteiger partial charge in [-0.2, -0.15) is 0 Å². The number of anilines is 1. The van der Waals surface area contributed by atoms with Crippen LogP contribution in [0.1, 0.15) is 19.8 Å². The summed E-state index contributed by atoms with van der Waals surface area (Å²) in [5.74, 6) is 2.64. The van der Waals surface area contributed by atoms with Crippen LogP contribution in [0, 0.1) is 5.92 Å². The van der Waals surface area contributed by atoms with Gasteiger partial charge in [0.2, 0.25) is 5.91 Å². The molecule has 2 amide bonds. The normalized spacial score (nSPS) is 13.7. The van der Waals surface area contributed by atoms with Crippen LogP contribution in [0.4, 0.5) is 5.69 Å². The maximum absolute atomic E-state index is 12.7. The number of ether oxygens (including phenoxy) is 3. The lowest BCUT2D eigenvalue weighted by Gasteiger charge is -2.31. The molecule has 182 valence electrons. The molecule has 0 radical (unpaired) electrons. The van der Waals surface area contributed by atoms with Crippen molar-refractivity contribution in [3.63, 3.8) is 0 Å². The summed E-state index contributed by atoms with van der Waals surface area (Å²) >= 11 is 0. The van der Waals surface area contributed by atoms with E-state index in [0.717, 1.165) is 5.75 Å². The van der Waals surface area contributed by atoms with E-state index < -0.39 is 0 Å². The minimum atomic E-state index is -0.131. The lowest BCUT2D eigenvalue weighted by molar-refractivity contribution is -0.136. The van der Waals surface area contributed by atoms with Gasteiger partial charge in [0.25, 0.3) is 5.91 Å². The number of para-hydroxylation sites is 1. The number of carbonyl (C=O) groups is 2. The standard InChI is InChI=1S/C28H30N2O5/c1-2-33-24-12-14-26(15-13-24)35-25-10-8-22(9-11-25)29-28(32)21-16-18-30(19-17-21)27(31)20-34-23-6-4-3-5-7-23/h3-15,21H,2,16-20H2,1H3,(H,29,32). The average molecular weight is 475 g/mol. The fourth-order valence-electron chi connectivity index (χ4n) is 3.90. The van der Waals surface area contributed by atoms with Crippen molar-refractivity contribution < 1.29 is 23.8 Å². The Labute approximate surface area is 205 Å². The van der Waals surface area contributed by atoms with E-state index >= 15 is 0 Å². The second kappa shape index (κ2) is 11.9. The minimum Gasteiger partial charge on any atom is -0.494 e. The first-order chi connectivity index (χ1) is 17.1. The smallest absolute Gasteiger partial charge is 0.260 e. The summed E-state index contributed by atoms with van der Waals surface area (Å²) in [7, 11) is 0. The number of amides is 2. The monoisotopic (exact) mass is 474 g/mol. The zero-order valence-electron chi connectivity index (χ0n) is 19.8. The van der Waals surface area contributed by atoms with E-state index in [-0.39, 0.29) is 24.3 Å². The molecule has 0 bridgehead atoms. The molecule has 0 saturated carbocycles. The number of likely N-dealkylation sites (tertiary alicyclic amines) is 1. The highest BCUT2D eigenvalue weighted by molar-refractivity contribution is 5.92. The molecule has 4 rings (SSSR count). The Morgan fingerprint density at radius 1 is 0.800 bits per heavy atom. The van der Waals surface area contributed by atoms with Crippen LogP contribution in [-0.2, 0) is 9.59 Å². The van der Waals surface area contributed by atoms with Gasteiger partial charge in [-0.15, -0.1) is 0 Å². The Balaban J connectivity index is 1.21. The number of nitrogens with one attached hydrogen (secondary N) is 1. The third-order valence-electron chi connectivity index (χ3n) is 5.82. The molecule has 1 saturated heterocycles. The molecule has 7 nitrogen and oxygen atoms in total. The van der Waals surface area contributed by atoms with Crippen LogP contribution >= 0.6 is 0 Å². The van der Waals surface area contributed by atoms with E-state index in [1.165, 1.54) is 0 Å². The summed E-state index contributed by atoms with van der Waals surface area (Å²) in [6.07, 6.45) is 1.25. The van der Waals surface area contributed by atoms with Crippen molar-refractivity contribution in [2.75, 3.05) is 31.6 Å². The third kappa shape index (κ3) is 6.99. The van der Waals surface area contributed by atoms with Gasteiger partial charge in [-0.25, -0.2) is 0 Å². The molecule has 1 heterocycles. The van der Waals surface area contributed by atoms with E-state index in [1.54, 1.807) is 4.90 Å². The summed E-state index contributed by atoms with van der Waals surface area (Å²) in [6, 6.07) is 24.0. The van der Waals surface area contributed by atoms with Crippen LogP contribution in [0.15, 0.2) is 78.9 Å². The zero-order valence-corrected chi connectivity index (χ0v) is 19.8. The van der Waals surface area contributed by atoms with Gasteiger partial charge < -0.3 is 24.4 Å². The van der Waals surface area contributed by atoms with Crippen molar-refractivity contribution >= 4 is 17.5 Å². The van der Waals surface area contributed by atoms with Gasteiger partial charge in [0, 0.05) is 24.7 Å². The van der Waals surface area contributed by atoms with E-state index in [1.807, 2.05) is 85.8 Å². The van der Waals surface area contributed by atoms with Crippen LogP contribution in [0.2, 0.25) is 0 Å². The summed E-state index contributed by atoms with van der Waals surface area (Å²) in [5, 5.41) is 2.98. The quantitative estimate of drug-likeness (QED) is 0.465. The molecule has 0 aliphatic carbocycles. The molecule has 3 aromatic rings. The Kier molecular flexibility index (Phi) is 8.22. The zero-order chi connectivity index (χ0) is 24.5. The Morgan fingerprint density at radius 3 is 2.00 bits per heavy atom. The number of piperidine rings is 1. The first-order valence-electron chi connectivity index (χ1n) is 11.9. The number of benzene rings is 3. The topological polar surface area (TPSA) is 77.1 Å². The number of rotatable bonds is 9. The second-order valence-corrected chi connectivity index (χ2v) is 8.28. The molecule has 0 atom stereocenters. The summed E-state index contributed by atoms with van der Waals surface area (Å²) in [6.45, 7) is 3.66. The van der Waals surface area contributed by atoms with E-state index in [9.17, 15) is 9.59 Å². The molecular weight excluding hydrogens is 444 g/mol. The number of carbonyl (C=O) groups excluding carboxylic acids is 2. The minimum absolute atomic E-state index is 0.00591. The van der Waals surface area contributed by atoms with Gasteiger partial charge in [0.05, 0.1) is 6.61 Å². The molecule has 1 aliphatic heterocycles. The maximum Gasteiger partial charge on any atom is 0.260 e.